The molecule has 1 aromatic carbocycles. The van der Waals surface area contributed by atoms with Gasteiger partial charge in [-0.1, -0.05) is 17.7 Å². The minimum Gasteiger partial charge on any atom is -0.337 e. The van der Waals surface area contributed by atoms with Gasteiger partial charge < -0.3 is 15.1 Å². The first-order valence-corrected chi connectivity index (χ1v) is 9.97. The fraction of sp³-hybridized carbons (Fsp3) is 0.316. The maximum atomic E-state index is 12.5. The molecule has 27 heavy (non-hydrogen) atoms. The molecule has 0 bridgehead atoms. The number of amides is 3. The molecular formula is C19H21ClN4O2S. The highest BCUT2D eigenvalue weighted by Gasteiger charge is 2.21. The maximum Gasteiger partial charge on any atom is 0.321 e. The van der Waals surface area contributed by atoms with E-state index in [1.54, 1.807) is 57.6 Å². The predicted molar refractivity (Wildman–Crippen MR) is 109 cm³/mol. The molecule has 142 valence electrons. The van der Waals surface area contributed by atoms with Crippen molar-refractivity contribution < 1.29 is 9.59 Å². The molecule has 1 aliphatic heterocycles. The number of hydrogen-bond acceptors (Lipinski definition) is 4. The molecule has 0 saturated carbocycles. The van der Waals surface area contributed by atoms with Crippen molar-refractivity contribution in [1.29, 1.82) is 0 Å². The van der Waals surface area contributed by atoms with Crippen molar-refractivity contribution in [1.82, 2.24) is 14.8 Å². The second-order valence-corrected chi connectivity index (χ2v) is 7.73. The molecular weight excluding hydrogens is 384 g/mol. The van der Waals surface area contributed by atoms with Crippen LogP contribution in [0.5, 0.6) is 0 Å². The smallest absolute Gasteiger partial charge is 0.321 e. The summed E-state index contributed by atoms with van der Waals surface area (Å²) in [6.07, 6.45) is 4.02. The molecule has 3 rings (SSSR count). The van der Waals surface area contributed by atoms with E-state index in [-0.39, 0.29) is 11.9 Å². The molecule has 1 aromatic heterocycles. The molecule has 2 heterocycles. The number of carbonyl (C=O) groups excluding carboxylic acids is 2. The normalized spacial score (nSPS) is 15.0. The van der Waals surface area contributed by atoms with Crippen LogP contribution in [0.3, 0.4) is 0 Å². The summed E-state index contributed by atoms with van der Waals surface area (Å²) < 4.78 is 0. The van der Waals surface area contributed by atoms with Gasteiger partial charge in [0.25, 0.3) is 0 Å². The number of urea groups is 1. The molecule has 0 unspecified atom stereocenters. The monoisotopic (exact) mass is 404 g/mol. The highest BCUT2D eigenvalue weighted by Crippen LogP contribution is 2.16. The predicted octanol–water partition coefficient (Wildman–Crippen LogP) is 3.88. The SMILES string of the molecule is Cc1nc(/C=C/C(=O)N2CCCN(C(=O)Nc3cccc(Cl)c3)CC2)cs1. The average Bonchev–Trinajstić information content (AvgIpc) is 2.90. The van der Waals surface area contributed by atoms with Crippen LogP contribution in [0.4, 0.5) is 10.5 Å². The third-order valence-corrected chi connectivity index (χ3v) is 5.23. The Balaban J connectivity index is 1.54. The van der Waals surface area contributed by atoms with E-state index in [0.29, 0.717) is 36.9 Å². The Kier molecular flexibility index (Phi) is 6.47. The molecule has 0 spiro atoms. The van der Waals surface area contributed by atoms with Gasteiger partial charge in [0.15, 0.2) is 0 Å². The molecule has 1 saturated heterocycles. The number of aromatic nitrogens is 1. The Labute approximate surface area is 167 Å². The standard InChI is InChI=1S/C19H21ClN4O2S/c1-14-21-17(13-27-14)6-7-18(25)23-8-3-9-24(11-10-23)19(26)22-16-5-2-4-15(20)12-16/h2,4-7,12-13H,3,8-11H2,1H3,(H,22,26)/b7-6+. The first kappa shape index (κ1) is 19.4. The van der Waals surface area contributed by atoms with E-state index in [1.165, 1.54) is 0 Å². The molecule has 1 fully saturated rings. The van der Waals surface area contributed by atoms with Crippen LogP contribution in [0.25, 0.3) is 6.08 Å². The second-order valence-electron chi connectivity index (χ2n) is 6.23. The number of thiazole rings is 1. The zero-order chi connectivity index (χ0) is 19.2. The number of halogens is 1. The molecule has 8 heteroatoms. The van der Waals surface area contributed by atoms with E-state index in [9.17, 15) is 9.59 Å². The number of carbonyl (C=O) groups is 2. The lowest BCUT2D eigenvalue weighted by atomic mass is 10.3. The van der Waals surface area contributed by atoms with Gasteiger partial charge in [0.1, 0.15) is 0 Å². The summed E-state index contributed by atoms with van der Waals surface area (Å²) in [5, 5.41) is 6.31. The molecule has 1 aliphatic rings. The van der Waals surface area contributed by atoms with Crippen molar-refractivity contribution in [2.45, 2.75) is 13.3 Å². The van der Waals surface area contributed by atoms with Crippen molar-refractivity contribution >= 4 is 46.6 Å². The number of nitrogens with one attached hydrogen (secondary N) is 1. The Morgan fingerprint density at radius 1 is 1.22 bits per heavy atom. The number of benzene rings is 1. The molecule has 3 amide bonds. The fourth-order valence-electron chi connectivity index (χ4n) is 2.83. The van der Waals surface area contributed by atoms with Crippen LogP contribution in [-0.4, -0.2) is 52.9 Å². The topological polar surface area (TPSA) is 65.5 Å². The van der Waals surface area contributed by atoms with Gasteiger partial charge in [-0.3, -0.25) is 4.79 Å². The van der Waals surface area contributed by atoms with Crippen LogP contribution in [-0.2, 0) is 4.79 Å². The van der Waals surface area contributed by atoms with Gasteiger partial charge >= 0.3 is 6.03 Å². The lowest BCUT2D eigenvalue weighted by Crippen LogP contribution is -2.39. The lowest BCUT2D eigenvalue weighted by Gasteiger charge is -2.22. The molecule has 0 radical (unpaired) electrons. The summed E-state index contributed by atoms with van der Waals surface area (Å²) in [6, 6.07) is 6.87. The number of aryl methyl sites for hydroxylation is 1. The number of nitrogens with zero attached hydrogens (tertiary/aromatic N) is 3. The van der Waals surface area contributed by atoms with E-state index >= 15 is 0 Å². The van der Waals surface area contributed by atoms with Gasteiger partial charge in [0, 0.05) is 48.3 Å². The summed E-state index contributed by atoms with van der Waals surface area (Å²) in [5.41, 5.74) is 1.45. The highest BCUT2D eigenvalue weighted by atomic mass is 35.5. The van der Waals surface area contributed by atoms with Gasteiger partial charge in [-0.2, -0.15) is 0 Å². The van der Waals surface area contributed by atoms with Crippen LogP contribution >= 0.6 is 22.9 Å². The van der Waals surface area contributed by atoms with Crippen molar-refractivity contribution in [3.8, 4) is 0 Å². The largest absolute Gasteiger partial charge is 0.337 e. The average molecular weight is 405 g/mol. The van der Waals surface area contributed by atoms with Crippen LogP contribution in [0.1, 0.15) is 17.1 Å². The van der Waals surface area contributed by atoms with Crippen molar-refractivity contribution in [2.75, 3.05) is 31.5 Å². The van der Waals surface area contributed by atoms with E-state index < -0.39 is 0 Å². The molecule has 0 aliphatic carbocycles. The summed E-state index contributed by atoms with van der Waals surface area (Å²) in [6.45, 7) is 4.15. The number of anilines is 1. The molecule has 0 atom stereocenters. The number of rotatable bonds is 3. The minimum atomic E-state index is -0.181. The molecule has 2 aromatic rings. The highest BCUT2D eigenvalue weighted by molar-refractivity contribution is 7.09. The van der Waals surface area contributed by atoms with E-state index in [1.807, 2.05) is 12.3 Å². The Hall–Kier alpha value is -2.38. The maximum absolute atomic E-state index is 12.5. The Morgan fingerprint density at radius 2 is 2.00 bits per heavy atom. The third-order valence-electron chi connectivity index (χ3n) is 4.20. The summed E-state index contributed by atoms with van der Waals surface area (Å²) in [4.78, 5) is 32.7. The van der Waals surface area contributed by atoms with Gasteiger partial charge in [0.2, 0.25) is 5.91 Å². The Morgan fingerprint density at radius 3 is 2.74 bits per heavy atom. The zero-order valence-electron chi connectivity index (χ0n) is 15.0. The van der Waals surface area contributed by atoms with Crippen molar-refractivity contribution in [2.24, 2.45) is 0 Å². The first-order chi connectivity index (χ1) is 13.0. The van der Waals surface area contributed by atoms with E-state index in [0.717, 1.165) is 17.1 Å². The van der Waals surface area contributed by atoms with E-state index in [2.05, 4.69) is 10.3 Å². The summed E-state index contributed by atoms with van der Waals surface area (Å²) >= 11 is 7.50. The lowest BCUT2D eigenvalue weighted by molar-refractivity contribution is -0.125. The van der Waals surface area contributed by atoms with Crippen molar-refractivity contribution in [3.63, 3.8) is 0 Å². The Bertz CT molecular complexity index is 852. The van der Waals surface area contributed by atoms with Crippen LogP contribution in [0.2, 0.25) is 5.02 Å². The quantitative estimate of drug-likeness (QED) is 0.789. The fourth-order valence-corrected chi connectivity index (χ4v) is 3.60. The van der Waals surface area contributed by atoms with Crippen LogP contribution in [0.15, 0.2) is 35.7 Å². The molecule has 1 N–H and O–H groups in total. The van der Waals surface area contributed by atoms with Gasteiger partial charge in [-0.15, -0.1) is 11.3 Å². The van der Waals surface area contributed by atoms with Gasteiger partial charge in [-0.25, -0.2) is 9.78 Å². The van der Waals surface area contributed by atoms with Crippen LogP contribution in [0, 0.1) is 6.92 Å². The van der Waals surface area contributed by atoms with E-state index in [4.69, 9.17) is 11.6 Å². The van der Waals surface area contributed by atoms with Gasteiger partial charge in [-0.05, 0) is 37.6 Å². The molecule has 6 nitrogen and oxygen atoms in total. The third kappa shape index (κ3) is 5.55. The second kappa shape index (κ2) is 9.01. The minimum absolute atomic E-state index is 0.0576. The van der Waals surface area contributed by atoms with Gasteiger partial charge in [0.05, 0.1) is 10.7 Å². The summed E-state index contributed by atoms with van der Waals surface area (Å²) in [7, 11) is 0. The number of hydrogen-bond donors (Lipinski definition) is 1. The van der Waals surface area contributed by atoms with Crippen molar-refractivity contribution in [3.05, 3.63) is 51.4 Å². The van der Waals surface area contributed by atoms with Crippen LogP contribution < -0.4 is 5.32 Å². The zero-order valence-corrected chi connectivity index (χ0v) is 16.6. The first-order valence-electron chi connectivity index (χ1n) is 8.72. The summed E-state index contributed by atoms with van der Waals surface area (Å²) in [5.74, 6) is -0.0576.